The van der Waals surface area contributed by atoms with Gasteiger partial charge in [0.05, 0.1) is 17.4 Å². The third-order valence-corrected chi connectivity index (χ3v) is 11.2. The molecule has 0 spiro atoms. The molecule has 0 saturated carbocycles. The van der Waals surface area contributed by atoms with Crippen LogP contribution >= 0.6 is 39.0 Å². The van der Waals surface area contributed by atoms with Gasteiger partial charge in [-0.2, -0.15) is 0 Å². The van der Waals surface area contributed by atoms with Crippen LogP contribution in [0.5, 0.6) is 0 Å². The lowest BCUT2D eigenvalue weighted by Crippen LogP contribution is -2.30. The van der Waals surface area contributed by atoms with Crippen LogP contribution in [0.2, 0.25) is 0 Å². The lowest BCUT2D eigenvalue weighted by Gasteiger charge is -2.16. The van der Waals surface area contributed by atoms with Crippen LogP contribution in [0.25, 0.3) is 6.08 Å². The Balaban J connectivity index is 1.32. The summed E-state index contributed by atoms with van der Waals surface area (Å²) in [5.41, 5.74) is 3.25. The number of aryl methyl sites for hydroxylation is 1. The summed E-state index contributed by atoms with van der Waals surface area (Å²) in [5, 5.41) is 8.85. The van der Waals surface area contributed by atoms with E-state index in [9.17, 15) is 19.2 Å². The number of carbonyl (C=O) groups is 4. The normalized spacial score (nSPS) is 13.6. The van der Waals surface area contributed by atoms with Crippen LogP contribution in [-0.2, 0) is 27.2 Å². The molecule has 3 aromatic carbocycles. The molecule has 0 bridgehead atoms. The fraction of sp³-hybridized carbons (Fsp3) is 0.282. The first-order valence-corrected chi connectivity index (χ1v) is 19.3. The standard InChI is InChI=1S/C39H40BrN3O5S2/c1-3-32(37(46)43-38-34(39(47)48-4-2)30-17-10-5-6-11-18-33(30)50-38)49-29-16-12-15-28(24-29)41-36(45)31(23-25-19-21-27(40)22-20-25)42-35(44)26-13-8-7-9-14-26/h7-9,12-16,19-24,32H,3-6,10-11,17-18H2,1-2H3,(H,41,45)(H,42,44)(H,43,46)/b31-23+. The van der Waals surface area contributed by atoms with Gasteiger partial charge in [-0.3, -0.25) is 14.4 Å². The second-order valence-corrected chi connectivity index (χ2v) is 15.1. The molecule has 0 fully saturated rings. The molecule has 1 atom stereocenters. The van der Waals surface area contributed by atoms with Crippen LogP contribution in [0, 0.1) is 0 Å². The van der Waals surface area contributed by atoms with Crippen molar-refractivity contribution in [2.45, 2.75) is 68.9 Å². The van der Waals surface area contributed by atoms with Crippen LogP contribution in [0.4, 0.5) is 10.7 Å². The number of thioether (sulfide) groups is 1. The monoisotopic (exact) mass is 773 g/mol. The molecule has 1 heterocycles. The molecule has 0 saturated heterocycles. The number of thiophene rings is 1. The first-order chi connectivity index (χ1) is 24.2. The number of esters is 1. The summed E-state index contributed by atoms with van der Waals surface area (Å²) in [6, 6.07) is 23.3. The van der Waals surface area contributed by atoms with E-state index in [0.717, 1.165) is 63.9 Å². The Morgan fingerprint density at radius 3 is 2.36 bits per heavy atom. The largest absolute Gasteiger partial charge is 0.462 e. The molecule has 4 aromatic rings. The fourth-order valence-corrected chi connectivity index (χ4v) is 8.18. The maximum absolute atomic E-state index is 13.7. The average Bonchev–Trinajstić information content (AvgIpc) is 3.43. The summed E-state index contributed by atoms with van der Waals surface area (Å²) in [5.74, 6) is -1.49. The van der Waals surface area contributed by atoms with Crippen molar-refractivity contribution in [3.8, 4) is 0 Å². The van der Waals surface area contributed by atoms with Crippen LogP contribution in [-0.4, -0.2) is 35.5 Å². The highest BCUT2D eigenvalue weighted by Gasteiger charge is 2.28. The zero-order valence-electron chi connectivity index (χ0n) is 28.1. The number of rotatable bonds is 12. The molecule has 1 aromatic heterocycles. The minimum Gasteiger partial charge on any atom is -0.462 e. The fourth-order valence-electron chi connectivity index (χ4n) is 5.62. The molecule has 0 aliphatic heterocycles. The molecule has 260 valence electrons. The number of benzene rings is 3. The molecule has 11 heteroatoms. The third-order valence-electron chi connectivity index (χ3n) is 8.13. The van der Waals surface area contributed by atoms with Gasteiger partial charge >= 0.3 is 5.97 Å². The number of fused-ring (bicyclic) bond motifs is 1. The third kappa shape index (κ3) is 9.95. The Morgan fingerprint density at radius 1 is 0.900 bits per heavy atom. The molecule has 1 aliphatic rings. The predicted molar refractivity (Wildman–Crippen MR) is 206 cm³/mol. The number of anilines is 2. The Labute approximate surface area is 309 Å². The Bertz CT molecular complexity index is 1860. The van der Waals surface area contributed by atoms with E-state index in [1.54, 1.807) is 55.5 Å². The highest BCUT2D eigenvalue weighted by atomic mass is 79.9. The van der Waals surface area contributed by atoms with Gasteiger partial charge < -0.3 is 20.7 Å². The second-order valence-electron chi connectivity index (χ2n) is 11.8. The van der Waals surface area contributed by atoms with Crippen molar-refractivity contribution in [3.05, 3.63) is 116 Å². The summed E-state index contributed by atoms with van der Waals surface area (Å²) in [4.78, 5) is 55.4. The molecule has 1 aliphatic carbocycles. The van der Waals surface area contributed by atoms with Gasteiger partial charge in [0.25, 0.3) is 11.8 Å². The molecular weight excluding hydrogens is 734 g/mol. The van der Waals surface area contributed by atoms with E-state index < -0.39 is 23.0 Å². The summed E-state index contributed by atoms with van der Waals surface area (Å²) >= 11 is 6.30. The van der Waals surface area contributed by atoms with Crippen molar-refractivity contribution in [2.24, 2.45) is 0 Å². The van der Waals surface area contributed by atoms with E-state index in [1.165, 1.54) is 23.1 Å². The molecular formula is C39H40BrN3O5S2. The van der Waals surface area contributed by atoms with Crippen molar-refractivity contribution < 1.29 is 23.9 Å². The van der Waals surface area contributed by atoms with Crippen molar-refractivity contribution in [3.63, 3.8) is 0 Å². The first-order valence-electron chi connectivity index (χ1n) is 16.8. The van der Waals surface area contributed by atoms with Crippen molar-refractivity contribution in [2.75, 3.05) is 17.2 Å². The summed E-state index contributed by atoms with van der Waals surface area (Å²) < 4.78 is 6.31. The molecule has 3 N–H and O–H groups in total. The SMILES string of the molecule is CCOC(=O)c1c(NC(=O)C(CC)Sc2cccc(NC(=O)/C(=C\c3ccc(Br)cc3)NC(=O)c3ccccc3)c2)sc2c1CCCCCC2. The molecule has 1 unspecified atom stereocenters. The van der Waals surface area contributed by atoms with Gasteiger partial charge in [-0.25, -0.2) is 4.79 Å². The highest BCUT2D eigenvalue weighted by Crippen LogP contribution is 2.38. The lowest BCUT2D eigenvalue weighted by atomic mass is 9.96. The van der Waals surface area contributed by atoms with Crippen molar-refractivity contribution >= 4 is 79.5 Å². The molecule has 50 heavy (non-hydrogen) atoms. The molecule has 0 radical (unpaired) electrons. The Kier molecular flexibility index (Phi) is 13.5. The Morgan fingerprint density at radius 2 is 1.64 bits per heavy atom. The van der Waals surface area contributed by atoms with E-state index >= 15 is 0 Å². The number of hydrogen-bond acceptors (Lipinski definition) is 7. The number of halogens is 1. The van der Waals surface area contributed by atoms with E-state index in [1.807, 2.05) is 43.3 Å². The average molecular weight is 775 g/mol. The van der Waals surface area contributed by atoms with Crippen LogP contribution in [0.15, 0.2) is 93.9 Å². The number of hydrogen-bond donors (Lipinski definition) is 3. The van der Waals surface area contributed by atoms with Gasteiger partial charge in [0.15, 0.2) is 0 Å². The maximum Gasteiger partial charge on any atom is 0.341 e. The van der Waals surface area contributed by atoms with E-state index in [-0.39, 0.29) is 18.2 Å². The summed E-state index contributed by atoms with van der Waals surface area (Å²) in [7, 11) is 0. The number of nitrogens with one attached hydrogen (secondary N) is 3. The van der Waals surface area contributed by atoms with E-state index in [0.29, 0.717) is 28.2 Å². The quantitative estimate of drug-likeness (QED) is 0.0752. The van der Waals surface area contributed by atoms with Gasteiger partial charge in [-0.05, 0) is 98.7 Å². The van der Waals surface area contributed by atoms with Crippen molar-refractivity contribution in [1.82, 2.24) is 5.32 Å². The first kappa shape index (κ1) is 37.1. The van der Waals surface area contributed by atoms with Gasteiger partial charge in [0, 0.05) is 25.5 Å². The summed E-state index contributed by atoms with van der Waals surface area (Å²) in [6.07, 6.45) is 8.20. The zero-order valence-corrected chi connectivity index (χ0v) is 31.3. The van der Waals surface area contributed by atoms with Gasteiger partial charge in [0.2, 0.25) is 5.91 Å². The number of ether oxygens (including phenoxy) is 1. The topological polar surface area (TPSA) is 114 Å². The maximum atomic E-state index is 13.7. The zero-order chi connectivity index (χ0) is 35.5. The van der Waals surface area contributed by atoms with Crippen LogP contribution in [0.3, 0.4) is 0 Å². The molecule has 5 rings (SSSR count). The number of amides is 3. The van der Waals surface area contributed by atoms with E-state index in [4.69, 9.17) is 4.74 Å². The lowest BCUT2D eigenvalue weighted by molar-refractivity contribution is -0.116. The van der Waals surface area contributed by atoms with E-state index in [2.05, 4.69) is 31.9 Å². The van der Waals surface area contributed by atoms with Gasteiger partial charge in [-0.1, -0.05) is 72.1 Å². The van der Waals surface area contributed by atoms with Gasteiger partial charge in [-0.15, -0.1) is 23.1 Å². The minimum absolute atomic E-state index is 0.0764. The smallest absolute Gasteiger partial charge is 0.341 e. The van der Waals surface area contributed by atoms with Crippen LogP contribution < -0.4 is 16.0 Å². The second kappa shape index (κ2) is 18.2. The minimum atomic E-state index is -0.496. The molecule has 3 amide bonds. The number of carbonyl (C=O) groups excluding carboxylic acids is 4. The molecule has 8 nitrogen and oxygen atoms in total. The predicted octanol–water partition coefficient (Wildman–Crippen LogP) is 9.27. The van der Waals surface area contributed by atoms with Crippen LogP contribution in [0.1, 0.15) is 82.7 Å². The Hall–Kier alpha value is -4.19. The highest BCUT2D eigenvalue weighted by molar-refractivity contribution is 9.10. The van der Waals surface area contributed by atoms with Gasteiger partial charge in [0.1, 0.15) is 10.7 Å². The summed E-state index contributed by atoms with van der Waals surface area (Å²) in [6.45, 7) is 3.99. The van der Waals surface area contributed by atoms with Crippen molar-refractivity contribution in [1.29, 1.82) is 0 Å².